The van der Waals surface area contributed by atoms with E-state index in [1.54, 1.807) is 49.4 Å². The van der Waals surface area contributed by atoms with E-state index >= 15 is 0 Å². The van der Waals surface area contributed by atoms with Crippen molar-refractivity contribution < 1.29 is 23.1 Å². The van der Waals surface area contributed by atoms with Gasteiger partial charge in [0.2, 0.25) is 10.0 Å². The second kappa shape index (κ2) is 10.6. The molecule has 5 N–H and O–H groups in total. The third kappa shape index (κ3) is 6.11. The molecule has 37 heavy (non-hydrogen) atoms. The second-order valence-corrected chi connectivity index (χ2v) is 11.1. The minimum Gasteiger partial charge on any atom is -0.490 e. The third-order valence-electron chi connectivity index (χ3n) is 6.55. The zero-order chi connectivity index (χ0) is 26.7. The van der Waals surface area contributed by atoms with Crippen LogP contribution in [-0.2, 0) is 21.2 Å². The van der Waals surface area contributed by atoms with Crippen LogP contribution in [0.5, 0.6) is 5.75 Å². The molecule has 1 fully saturated rings. The van der Waals surface area contributed by atoms with E-state index in [0.717, 1.165) is 37.1 Å². The topological polar surface area (TPSA) is 161 Å². The van der Waals surface area contributed by atoms with E-state index in [4.69, 9.17) is 21.3 Å². The highest BCUT2D eigenvalue weighted by molar-refractivity contribution is 7.93. The monoisotopic (exact) mass is 525 g/mol. The molecule has 2 aromatic rings. The number of nitrogens with zero attached hydrogens (tertiary/aromatic N) is 2. The van der Waals surface area contributed by atoms with Crippen LogP contribution < -0.4 is 14.8 Å². The fraction of sp³-hybridized carbons (Fsp3) is 0.346. The lowest BCUT2D eigenvalue weighted by Crippen LogP contribution is -2.40. The first-order valence-electron chi connectivity index (χ1n) is 12.0. The normalized spacial score (nSPS) is 18.1. The number of nitrogens with one attached hydrogen (secondary N) is 2. The first kappa shape index (κ1) is 26.2. The summed E-state index contributed by atoms with van der Waals surface area (Å²) < 4.78 is 33.5. The zero-order valence-electron chi connectivity index (χ0n) is 20.6. The Labute approximate surface area is 216 Å². The molecule has 2 aliphatic rings. The first-order chi connectivity index (χ1) is 17.5. The van der Waals surface area contributed by atoms with Gasteiger partial charge in [0.1, 0.15) is 17.7 Å². The Bertz CT molecular complexity index is 1350. The maximum absolute atomic E-state index is 13.1. The number of sulfonamides is 1. The number of anilines is 1. The van der Waals surface area contributed by atoms with E-state index in [2.05, 4.69) is 0 Å². The van der Waals surface area contributed by atoms with Crippen LogP contribution in [0.2, 0.25) is 0 Å². The van der Waals surface area contributed by atoms with Crippen molar-refractivity contribution in [2.75, 3.05) is 23.1 Å². The molecule has 0 spiro atoms. The van der Waals surface area contributed by atoms with Crippen LogP contribution in [0.3, 0.4) is 0 Å². The summed E-state index contributed by atoms with van der Waals surface area (Å²) in [5.74, 6) is -1.32. The van der Waals surface area contributed by atoms with Crippen LogP contribution >= 0.6 is 0 Å². The largest absolute Gasteiger partial charge is 0.490 e. The average molecular weight is 526 g/mol. The summed E-state index contributed by atoms with van der Waals surface area (Å²) in [6.07, 6.45) is 5.43. The van der Waals surface area contributed by atoms with Crippen molar-refractivity contribution in [3.63, 3.8) is 0 Å². The Morgan fingerprint density at radius 1 is 1.19 bits per heavy atom. The summed E-state index contributed by atoms with van der Waals surface area (Å²) in [4.78, 5) is 13.3. The van der Waals surface area contributed by atoms with Gasteiger partial charge in [-0.2, -0.15) is 0 Å². The summed E-state index contributed by atoms with van der Waals surface area (Å²) >= 11 is 0. The molecule has 0 aromatic heterocycles. The van der Waals surface area contributed by atoms with Crippen molar-refractivity contribution in [3.05, 3.63) is 65.2 Å². The molecule has 0 aliphatic carbocycles. The maximum Gasteiger partial charge on any atom is 0.320 e. The Morgan fingerprint density at radius 2 is 1.92 bits per heavy atom. The van der Waals surface area contributed by atoms with Gasteiger partial charge in [-0.1, -0.05) is 30.4 Å². The third-order valence-corrected chi connectivity index (χ3v) is 8.23. The average Bonchev–Trinajstić information content (AvgIpc) is 3.21. The summed E-state index contributed by atoms with van der Waals surface area (Å²) in [5, 5.41) is 24.6. The molecule has 0 amide bonds. The van der Waals surface area contributed by atoms with Gasteiger partial charge >= 0.3 is 5.97 Å². The molecule has 196 valence electrons. The van der Waals surface area contributed by atoms with Crippen LogP contribution in [0.15, 0.2) is 48.5 Å². The van der Waals surface area contributed by atoms with E-state index in [1.807, 2.05) is 17.0 Å². The van der Waals surface area contributed by atoms with Gasteiger partial charge in [0.05, 0.1) is 17.6 Å². The van der Waals surface area contributed by atoms with Gasteiger partial charge in [0.25, 0.3) is 0 Å². The number of ether oxygens (including phenoxy) is 1. The molecule has 10 nitrogen and oxygen atoms in total. The van der Waals surface area contributed by atoms with Crippen LogP contribution in [-0.4, -0.2) is 67.1 Å². The summed E-state index contributed by atoms with van der Waals surface area (Å²) in [5.41, 5.74) is 8.07. The number of rotatable bonds is 8. The van der Waals surface area contributed by atoms with E-state index in [0.29, 0.717) is 29.3 Å². The lowest BCUT2D eigenvalue weighted by molar-refractivity contribution is -0.134. The predicted molar refractivity (Wildman–Crippen MR) is 143 cm³/mol. The molecule has 1 atom stereocenters. The van der Waals surface area contributed by atoms with Crippen molar-refractivity contribution >= 4 is 39.4 Å². The van der Waals surface area contributed by atoms with Gasteiger partial charge in [-0.25, -0.2) is 8.42 Å². The molecule has 4 rings (SSSR count). The van der Waals surface area contributed by atoms with Crippen molar-refractivity contribution in [2.45, 2.75) is 38.3 Å². The fourth-order valence-electron chi connectivity index (χ4n) is 4.76. The predicted octanol–water partition coefficient (Wildman–Crippen LogP) is 2.67. The highest BCUT2D eigenvalue weighted by atomic mass is 32.2. The van der Waals surface area contributed by atoms with Crippen molar-refractivity contribution in [1.29, 1.82) is 10.8 Å². The first-order valence-corrected chi connectivity index (χ1v) is 13.6. The van der Waals surface area contributed by atoms with E-state index in [9.17, 15) is 18.3 Å². The number of carboxylic acid groups (broad SMARTS) is 1. The van der Waals surface area contributed by atoms with Crippen LogP contribution in [0.1, 0.15) is 36.5 Å². The summed E-state index contributed by atoms with van der Waals surface area (Å²) in [6, 6.07) is 11.6. The fourth-order valence-corrected chi connectivity index (χ4v) is 6.25. The lowest BCUT2D eigenvalue weighted by Gasteiger charge is -2.32. The molecule has 2 aliphatic heterocycles. The van der Waals surface area contributed by atoms with Crippen LogP contribution in [0.4, 0.5) is 5.69 Å². The van der Waals surface area contributed by atoms with Gasteiger partial charge in [-0.3, -0.25) is 19.9 Å². The Hall–Kier alpha value is -3.86. The number of nitrogens with two attached hydrogens (primary N) is 1. The molecule has 0 saturated carbocycles. The molecule has 0 bridgehead atoms. The molecular formula is C26H31N5O5S. The van der Waals surface area contributed by atoms with Gasteiger partial charge in [-0.15, -0.1) is 0 Å². The van der Waals surface area contributed by atoms with Crippen molar-refractivity contribution in [2.24, 2.45) is 5.73 Å². The zero-order valence-corrected chi connectivity index (χ0v) is 21.4. The number of piperidine rings is 1. The summed E-state index contributed by atoms with van der Waals surface area (Å²) in [7, 11) is -4.14. The van der Waals surface area contributed by atoms with Crippen molar-refractivity contribution in [3.8, 4) is 5.75 Å². The lowest BCUT2D eigenvalue weighted by atomic mass is 10.1. The van der Waals surface area contributed by atoms with Gasteiger partial charge < -0.3 is 20.5 Å². The number of benzene rings is 2. The van der Waals surface area contributed by atoms with Crippen molar-refractivity contribution in [1.82, 2.24) is 4.90 Å². The van der Waals surface area contributed by atoms with Crippen LogP contribution in [0.25, 0.3) is 6.08 Å². The molecule has 11 heteroatoms. The summed E-state index contributed by atoms with van der Waals surface area (Å²) in [6.45, 7) is 3.28. The Balaban J connectivity index is 1.58. The minimum absolute atomic E-state index is 0.00569. The van der Waals surface area contributed by atoms with E-state index in [-0.39, 0.29) is 11.9 Å². The number of carboxylic acids is 1. The SMILES string of the molecule is CC(=N)N1CCC(Oc2ccc3c(c2)C[C@@H](/C=C/c2cccc(C(=N)N)c2)N3S(=O)(=O)CC(=O)O)CC1. The number of hydrogen-bond donors (Lipinski definition) is 4. The minimum atomic E-state index is -4.14. The molecule has 1 saturated heterocycles. The van der Waals surface area contributed by atoms with Crippen LogP contribution in [0, 0.1) is 10.8 Å². The molecule has 0 unspecified atom stereocenters. The number of likely N-dealkylation sites (tertiary alicyclic amines) is 1. The molecule has 0 radical (unpaired) electrons. The maximum atomic E-state index is 13.1. The number of fused-ring (bicyclic) bond motifs is 1. The van der Waals surface area contributed by atoms with E-state index in [1.165, 1.54) is 4.31 Å². The number of aliphatic carboxylic acids is 1. The van der Waals surface area contributed by atoms with Gasteiger partial charge in [-0.05, 0) is 48.7 Å². The number of amidine groups is 2. The van der Waals surface area contributed by atoms with Gasteiger partial charge in [0.15, 0.2) is 5.75 Å². The highest BCUT2D eigenvalue weighted by Crippen LogP contribution is 2.38. The smallest absolute Gasteiger partial charge is 0.320 e. The number of hydrogen-bond acceptors (Lipinski definition) is 6. The molecule has 2 heterocycles. The van der Waals surface area contributed by atoms with E-state index < -0.39 is 27.8 Å². The second-order valence-electron chi connectivity index (χ2n) is 9.30. The number of carbonyl (C=O) groups is 1. The Kier molecular flexibility index (Phi) is 7.53. The molecular weight excluding hydrogens is 494 g/mol. The quantitative estimate of drug-likeness (QED) is 0.304. The standard InChI is InChI=1S/C26H31N5O5S/c1-17(27)30-11-9-22(10-12-30)36-23-7-8-24-20(15-23)14-21(31(24)37(34,35)16-25(32)33)6-5-18-3-2-4-19(13-18)26(28)29/h2-8,13,15,21-22,27H,9-12,14,16H2,1H3,(H3,28,29)(H,32,33)/b6-5+,27-17?/t21-/m1/s1. The highest BCUT2D eigenvalue weighted by Gasteiger charge is 2.37. The molecule has 2 aromatic carbocycles. The van der Waals surface area contributed by atoms with Gasteiger partial charge in [0, 0.05) is 31.5 Å². The number of nitrogen functional groups attached to an aromatic ring is 1. The Morgan fingerprint density at radius 3 is 2.57 bits per heavy atom.